The van der Waals surface area contributed by atoms with Crippen LogP contribution in [0.5, 0.6) is 5.75 Å². The molecule has 9 atom stereocenters. The number of nitrogens with one attached hydrogen (secondary N) is 2. The van der Waals surface area contributed by atoms with Gasteiger partial charge in [-0.1, -0.05) is 65.5 Å². The van der Waals surface area contributed by atoms with Crippen molar-refractivity contribution in [2.75, 3.05) is 6.54 Å². The van der Waals surface area contributed by atoms with E-state index in [1.54, 1.807) is 11.6 Å². The molecular weight excluding hydrogens is 560 g/mol. The maximum Gasteiger partial charge on any atom is 0.302 e. The molecule has 1 aromatic carbocycles. The van der Waals surface area contributed by atoms with Crippen LogP contribution in [-0.4, -0.2) is 45.5 Å². The number of esters is 1. The molecule has 0 bridgehead atoms. The Morgan fingerprint density at radius 1 is 1.09 bits per heavy atom. The van der Waals surface area contributed by atoms with Gasteiger partial charge in [0.25, 0.3) is 0 Å². The molecule has 45 heavy (non-hydrogen) atoms. The number of ether oxygens (including phenoxy) is 1. The van der Waals surface area contributed by atoms with Crippen molar-refractivity contribution in [3.63, 3.8) is 0 Å². The van der Waals surface area contributed by atoms with Gasteiger partial charge in [0.1, 0.15) is 11.9 Å². The molecular formula is C39H58N2O4. The number of phenols is 1. The molecule has 2 aromatic rings. The third kappa shape index (κ3) is 5.77. The molecule has 248 valence electrons. The summed E-state index contributed by atoms with van der Waals surface area (Å²) in [6, 6.07) is 5.24. The fourth-order valence-corrected chi connectivity index (χ4v) is 10.9. The molecule has 6 rings (SSSR count). The Labute approximate surface area is 270 Å². The first-order chi connectivity index (χ1) is 21.4. The number of rotatable bonds is 10. The number of allylic oxidation sites excluding steroid dienone is 1. The Morgan fingerprint density at radius 3 is 2.64 bits per heavy atom. The summed E-state index contributed by atoms with van der Waals surface area (Å²) in [6.45, 7) is 14.3. The normalized spacial score (nSPS) is 36.7. The van der Waals surface area contributed by atoms with Gasteiger partial charge in [0.2, 0.25) is 0 Å². The molecule has 0 radical (unpaired) electrons. The van der Waals surface area contributed by atoms with Gasteiger partial charge in [0.05, 0.1) is 11.6 Å². The molecule has 6 nitrogen and oxygen atoms in total. The fourth-order valence-electron chi connectivity index (χ4n) is 10.9. The minimum absolute atomic E-state index is 0.212. The molecule has 4 aliphatic rings. The number of hydrogen-bond donors (Lipinski definition) is 4. The van der Waals surface area contributed by atoms with Crippen molar-refractivity contribution in [2.24, 2.45) is 40.4 Å². The lowest BCUT2D eigenvalue weighted by Gasteiger charge is -2.63. The zero-order valence-electron chi connectivity index (χ0n) is 28.6. The quantitative estimate of drug-likeness (QED) is 0.160. The Hall–Kier alpha value is -2.31. The summed E-state index contributed by atoms with van der Waals surface area (Å²) in [5, 5.41) is 27.8. The second-order valence-electron chi connectivity index (χ2n) is 16.3. The van der Waals surface area contributed by atoms with E-state index in [1.165, 1.54) is 45.4 Å². The van der Waals surface area contributed by atoms with Crippen LogP contribution in [0.2, 0.25) is 0 Å². The lowest BCUT2D eigenvalue weighted by Crippen LogP contribution is -2.68. The van der Waals surface area contributed by atoms with E-state index in [0.29, 0.717) is 30.2 Å². The van der Waals surface area contributed by atoms with E-state index in [4.69, 9.17) is 4.74 Å². The maximum atomic E-state index is 12.8. The van der Waals surface area contributed by atoms with Crippen LogP contribution in [-0.2, 0) is 16.0 Å². The number of carbonyl (C=O) groups excluding carboxylic acids is 1. The minimum atomic E-state index is -1.01. The molecule has 1 aromatic heterocycles. The SMILES string of the molecule is CC(=O)O[C@H]1CC[C@]2(C)[C@H]3CC[C@]4(C)[C@@H]([C@H](C)CCCC(C)C)CC[C@H]4C3=C[C@@H](NCCc3c[nH]c4ccc(O)cc34)[C@@]2(O)C1. The number of aromatic nitrogens is 1. The molecule has 0 saturated heterocycles. The van der Waals surface area contributed by atoms with Gasteiger partial charge in [-0.05, 0) is 110 Å². The Morgan fingerprint density at radius 2 is 1.89 bits per heavy atom. The first-order valence-corrected chi connectivity index (χ1v) is 18.0. The monoisotopic (exact) mass is 618 g/mol. The van der Waals surface area contributed by atoms with Crippen LogP contribution in [0.3, 0.4) is 0 Å². The van der Waals surface area contributed by atoms with Gasteiger partial charge in [-0.3, -0.25) is 4.79 Å². The van der Waals surface area contributed by atoms with Crippen LogP contribution in [0, 0.1) is 40.4 Å². The number of aliphatic hydroxyl groups is 1. The van der Waals surface area contributed by atoms with Gasteiger partial charge in [-0.25, -0.2) is 0 Å². The van der Waals surface area contributed by atoms with Crippen LogP contribution in [0.25, 0.3) is 10.9 Å². The fraction of sp³-hybridized carbons (Fsp3) is 0.718. The van der Waals surface area contributed by atoms with Crippen molar-refractivity contribution in [2.45, 2.75) is 130 Å². The Bertz CT molecular complexity index is 1410. The van der Waals surface area contributed by atoms with Gasteiger partial charge in [0.15, 0.2) is 0 Å². The molecule has 3 fully saturated rings. The predicted octanol–water partition coefficient (Wildman–Crippen LogP) is 8.07. The number of H-pyrrole nitrogens is 1. The number of benzene rings is 1. The first-order valence-electron chi connectivity index (χ1n) is 18.0. The highest BCUT2D eigenvalue weighted by Gasteiger charge is 2.65. The van der Waals surface area contributed by atoms with Crippen molar-refractivity contribution in [1.82, 2.24) is 10.3 Å². The number of phenolic OH excluding ortho intramolecular Hbond substituents is 1. The molecule has 0 spiro atoms. The summed E-state index contributed by atoms with van der Waals surface area (Å²) in [4.78, 5) is 15.3. The average molecular weight is 619 g/mol. The van der Waals surface area contributed by atoms with Crippen LogP contribution >= 0.6 is 0 Å². The van der Waals surface area contributed by atoms with Crippen molar-refractivity contribution in [3.05, 3.63) is 41.6 Å². The third-order valence-corrected chi connectivity index (χ3v) is 13.3. The van der Waals surface area contributed by atoms with Gasteiger partial charge < -0.3 is 25.3 Å². The van der Waals surface area contributed by atoms with Crippen molar-refractivity contribution in [1.29, 1.82) is 0 Å². The van der Waals surface area contributed by atoms with Crippen LogP contribution in [0.4, 0.5) is 0 Å². The van der Waals surface area contributed by atoms with E-state index in [2.05, 4.69) is 51.0 Å². The predicted molar refractivity (Wildman–Crippen MR) is 181 cm³/mol. The molecule has 4 N–H and O–H groups in total. The summed E-state index contributed by atoms with van der Waals surface area (Å²) in [6.07, 6.45) is 16.1. The van der Waals surface area contributed by atoms with Crippen molar-refractivity contribution < 1.29 is 19.7 Å². The summed E-state index contributed by atoms with van der Waals surface area (Å²) in [5.74, 6) is 3.22. The van der Waals surface area contributed by atoms with Gasteiger partial charge >= 0.3 is 5.97 Å². The highest BCUT2D eigenvalue weighted by molar-refractivity contribution is 5.84. The molecule has 0 unspecified atom stereocenters. The van der Waals surface area contributed by atoms with Gasteiger partial charge in [0, 0.05) is 35.9 Å². The second kappa shape index (κ2) is 12.4. The summed E-state index contributed by atoms with van der Waals surface area (Å²) in [7, 11) is 0. The standard InChI is InChI=1S/C39H58N2O4/c1-24(2)8-7-9-25(3)32-11-12-33-31-21-36(40-19-16-27-23-41-35-13-10-28(43)20-30(27)35)39(44)22-29(45-26(4)42)14-18-38(39,6)34(31)15-17-37(32,33)5/h10,13,20-21,23-25,29,32-34,36,40-41,43-44H,7-9,11-12,14-19,22H2,1-6H3/t25-,29+,32-,33+,34+,36-,37-,38-,39+/m1/s1. The van der Waals surface area contributed by atoms with E-state index in [1.807, 2.05) is 18.3 Å². The van der Waals surface area contributed by atoms with Crippen molar-refractivity contribution >= 4 is 16.9 Å². The van der Waals surface area contributed by atoms with Crippen LogP contribution < -0.4 is 5.32 Å². The van der Waals surface area contributed by atoms with Crippen LogP contribution in [0.1, 0.15) is 111 Å². The van der Waals surface area contributed by atoms with E-state index in [0.717, 1.165) is 59.9 Å². The molecule has 6 heteroatoms. The molecule has 4 aliphatic carbocycles. The third-order valence-electron chi connectivity index (χ3n) is 13.3. The van der Waals surface area contributed by atoms with E-state index < -0.39 is 5.60 Å². The van der Waals surface area contributed by atoms with Gasteiger partial charge in [-0.15, -0.1) is 0 Å². The molecule has 3 saturated carbocycles. The van der Waals surface area contributed by atoms with Crippen LogP contribution in [0.15, 0.2) is 36.0 Å². The molecule has 0 aliphatic heterocycles. The maximum absolute atomic E-state index is 12.8. The summed E-state index contributed by atoms with van der Waals surface area (Å²) < 4.78 is 5.75. The zero-order chi connectivity index (χ0) is 32.1. The molecule has 0 amide bonds. The number of aromatic amines is 1. The zero-order valence-corrected chi connectivity index (χ0v) is 28.6. The van der Waals surface area contributed by atoms with E-state index >= 15 is 0 Å². The first kappa shape index (κ1) is 32.6. The largest absolute Gasteiger partial charge is 0.508 e. The van der Waals surface area contributed by atoms with E-state index in [9.17, 15) is 15.0 Å². The number of carbonyl (C=O) groups is 1. The average Bonchev–Trinajstić information content (AvgIpc) is 3.54. The second-order valence-corrected chi connectivity index (χ2v) is 16.3. The van der Waals surface area contributed by atoms with Crippen molar-refractivity contribution in [3.8, 4) is 5.75 Å². The number of aromatic hydroxyl groups is 1. The van der Waals surface area contributed by atoms with Gasteiger partial charge in [-0.2, -0.15) is 0 Å². The highest BCUT2D eigenvalue weighted by atomic mass is 16.5. The Balaban J connectivity index is 1.28. The number of fused-ring (bicyclic) bond motifs is 6. The van der Waals surface area contributed by atoms with E-state index in [-0.39, 0.29) is 29.3 Å². The topological polar surface area (TPSA) is 94.6 Å². The summed E-state index contributed by atoms with van der Waals surface area (Å²) in [5.41, 5.74) is 2.81. The molecule has 1 heterocycles. The number of hydrogen-bond acceptors (Lipinski definition) is 5. The minimum Gasteiger partial charge on any atom is -0.508 e. The smallest absolute Gasteiger partial charge is 0.302 e. The lowest BCUT2D eigenvalue weighted by molar-refractivity contribution is -0.192. The summed E-state index contributed by atoms with van der Waals surface area (Å²) >= 11 is 0. The highest BCUT2D eigenvalue weighted by Crippen LogP contribution is 2.67. The lowest BCUT2D eigenvalue weighted by atomic mass is 9.45. The Kier molecular flexibility index (Phi) is 8.97.